The van der Waals surface area contributed by atoms with Gasteiger partial charge >= 0.3 is 0 Å². The number of ether oxygens (including phenoxy) is 1. The smallest absolute Gasteiger partial charge is 0.264 e. The third kappa shape index (κ3) is 8.52. The van der Waals surface area contributed by atoms with Crippen molar-refractivity contribution in [3.63, 3.8) is 0 Å². The molecule has 1 N–H and O–H groups in total. The van der Waals surface area contributed by atoms with Gasteiger partial charge < -0.3 is 15.0 Å². The lowest BCUT2D eigenvalue weighted by Crippen LogP contribution is -2.51. The molecule has 3 aromatic rings. The highest BCUT2D eigenvalue weighted by molar-refractivity contribution is 7.92. The van der Waals surface area contributed by atoms with Gasteiger partial charge in [-0.3, -0.25) is 13.9 Å². The fourth-order valence-corrected chi connectivity index (χ4v) is 5.81. The van der Waals surface area contributed by atoms with Gasteiger partial charge in [-0.1, -0.05) is 47.8 Å². The molecule has 0 saturated heterocycles. The summed E-state index contributed by atoms with van der Waals surface area (Å²) in [5.41, 5.74) is 0.866. The van der Waals surface area contributed by atoms with Crippen LogP contribution in [0.1, 0.15) is 32.8 Å². The van der Waals surface area contributed by atoms with E-state index in [2.05, 4.69) is 5.32 Å². The molecule has 12 heteroatoms. The Morgan fingerprint density at radius 1 is 0.927 bits per heavy atom. The Bertz CT molecular complexity index is 1450. The van der Waals surface area contributed by atoms with Gasteiger partial charge in [0.15, 0.2) is 0 Å². The van der Waals surface area contributed by atoms with E-state index in [1.807, 2.05) is 13.8 Å². The topological polar surface area (TPSA) is 96.0 Å². The van der Waals surface area contributed by atoms with Crippen molar-refractivity contribution in [2.45, 2.75) is 44.7 Å². The first-order chi connectivity index (χ1) is 19.5. The Hall–Kier alpha value is -2.98. The second kappa shape index (κ2) is 14.8. The predicted molar refractivity (Wildman–Crippen MR) is 163 cm³/mol. The molecule has 1 atom stereocenters. The maximum atomic E-state index is 13.9. The van der Waals surface area contributed by atoms with Crippen LogP contribution in [0.15, 0.2) is 71.6 Å². The monoisotopic (exact) mass is 639 g/mol. The Kier molecular flexibility index (Phi) is 11.7. The van der Waals surface area contributed by atoms with E-state index in [9.17, 15) is 18.0 Å². The number of nitrogens with zero attached hydrogens (tertiary/aromatic N) is 2. The van der Waals surface area contributed by atoms with Crippen LogP contribution in [0.2, 0.25) is 15.1 Å². The molecule has 8 nitrogen and oxygen atoms in total. The Morgan fingerprint density at radius 3 is 2.17 bits per heavy atom. The molecule has 0 aliphatic rings. The third-order valence-corrected chi connectivity index (χ3v) is 8.95. The van der Waals surface area contributed by atoms with Crippen LogP contribution in [0.3, 0.4) is 0 Å². The van der Waals surface area contributed by atoms with Crippen molar-refractivity contribution in [2.24, 2.45) is 0 Å². The molecule has 0 aliphatic carbocycles. The average Bonchev–Trinajstić information content (AvgIpc) is 2.95. The van der Waals surface area contributed by atoms with Crippen LogP contribution >= 0.6 is 34.8 Å². The first kappa shape index (κ1) is 32.5. The van der Waals surface area contributed by atoms with Gasteiger partial charge in [0.05, 0.1) is 27.2 Å². The second-order valence-corrected chi connectivity index (χ2v) is 12.2. The number of anilines is 1. The summed E-state index contributed by atoms with van der Waals surface area (Å²) in [6.07, 6.45) is 0.712. The van der Waals surface area contributed by atoms with Gasteiger partial charge in [-0.15, -0.1) is 0 Å². The van der Waals surface area contributed by atoms with Gasteiger partial charge in [-0.05, 0) is 86.5 Å². The minimum atomic E-state index is -4.22. The molecule has 0 bridgehead atoms. The highest BCUT2D eigenvalue weighted by atomic mass is 35.5. The molecule has 3 aromatic carbocycles. The molecule has 2 amide bonds. The van der Waals surface area contributed by atoms with E-state index in [1.165, 1.54) is 29.2 Å². The summed E-state index contributed by atoms with van der Waals surface area (Å²) >= 11 is 18.3. The number of hydrogen-bond acceptors (Lipinski definition) is 5. The highest BCUT2D eigenvalue weighted by Crippen LogP contribution is 2.28. The maximum absolute atomic E-state index is 13.9. The van der Waals surface area contributed by atoms with Crippen LogP contribution in [-0.2, 0) is 26.2 Å². The van der Waals surface area contributed by atoms with Gasteiger partial charge in [-0.2, -0.15) is 0 Å². The molecule has 0 fully saturated rings. The molecule has 0 spiro atoms. The van der Waals surface area contributed by atoms with Crippen LogP contribution < -0.4 is 14.4 Å². The molecule has 0 aromatic heterocycles. The van der Waals surface area contributed by atoms with Crippen LogP contribution in [0.4, 0.5) is 5.69 Å². The zero-order valence-electron chi connectivity index (χ0n) is 22.9. The zero-order valence-corrected chi connectivity index (χ0v) is 26.0. The lowest BCUT2D eigenvalue weighted by Gasteiger charge is -2.32. The molecule has 0 saturated carbocycles. The van der Waals surface area contributed by atoms with E-state index in [0.29, 0.717) is 46.0 Å². The molecular weight excluding hydrogens is 609 g/mol. The molecule has 0 aliphatic heterocycles. The van der Waals surface area contributed by atoms with Gasteiger partial charge in [0.1, 0.15) is 18.3 Å². The number of carbonyl (C=O) groups is 2. The molecule has 41 heavy (non-hydrogen) atoms. The fraction of sp³-hybridized carbons (Fsp3) is 0.310. The number of halogens is 3. The summed E-state index contributed by atoms with van der Waals surface area (Å²) in [7, 11) is -4.22. The molecule has 1 unspecified atom stereocenters. The second-order valence-electron chi connectivity index (χ2n) is 9.13. The zero-order chi connectivity index (χ0) is 30.2. The quantitative estimate of drug-likeness (QED) is 0.241. The summed E-state index contributed by atoms with van der Waals surface area (Å²) in [4.78, 5) is 28.2. The molecule has 0 radical (unpaired) electrons. The summed E-state index contributed by atoms with van der Waals surface area (Å²) in [6.45, 7) is 5.63. The van der Waals surface area contributed by atoms with E-state index in [-0.39, 0.29) is 23.0 Å². The van der Waals surface area contributed by atoms with E-state index in [1.54, 1.807) is 49.4 Å². The third-order valence-electron chi connectivity index (χ3n) is 6.17. The van der Waals surface area contributed by atoms with E-state index < -0.39 is 28.5 Å². The van der Waals surface area contributed by atoms with E-state index in [4.69, 9.17) is 39.5 Å². The summed E-state index contributed by atoms with van der Waals surface area (Å²) in [5, 5.41) is 3.81. The number of sulfonamides is 1. The van der Waals surface area contributed by atoms with E-state index in [0.717, 1.165) is 4.31 Å². The largest absolute Gasteiger partial charge is 0.494 e. The van der Waals surface area contributed by atoms with Crippen LogP contribution in [0.5, 0.6) is 5.75 Å². The average molecular weight is 641 g/mol. The van der Waals surface area contributed by atoms with Crippen molar-refractivity contribution >= 4 is 62.3 Å². The SMILES string of the molecule is CCCNC(=O)C(C)N(Cc1ccc(Cl)c(Cl)c1)C(=O)CN(c1ccc(OCC)cc1)S(=O)(=O)c1ccc(Cl)cc1. The molecule has 220 valence electrons. The van der Waals surface area contributed by atoms with E-state index >= 15 is 0 Å². The Balaban J connectivity index is 2.03. The normalized spacial score (nSPS) is 12.0. The van der Waals surface area contributed by atoms with Crippen molar-refractivity contribution in [3.05, 3.63) is 87.4 Å². The van der Waals surface area contributed by atoms with Crippen LogP contribution in [-0.4, -0.2) is 50.9 Å². The standard InChI is InChI=1S/C29H32Cl3N3O5S/c1-4-16-33-29(37)20(3)34(18-21-6-15-26(31)27(32)17-21)28(36)19-35(23-9-11-24(12-10-23)40-5-2)41(38,39)25-13-7-22(30)8-14-25/h6-15,17,20H,4-5,16,18-19H2,1-3H3,(H,33,37). The van der Waals surface area contributed by atoms with Crippen LogP contribution in [0, 0.1) is 0 Å². The van der Waals surface area contributed by atoms with Crippen molar-refractivity contribution in [2.75, 3.05) is 24.0 Å². The number of benzene rings is 3. The summed E-state index contributed by atoms with van der Waals surface area (Å²) < 4.78 is 34.2. The van der Waals surface area contributed by atoms with Crippen molar-refractivity contribution < 1.29 is 22.7 Å². The number of carbonyl (C=O) groups excluding carboxylic acids is 2. The molecule has 3 rings (SSSR count). The van der Waals surface area contributed by atoms with Gasteiger partial charge in [0.2, 0.25) is 11.8 Å². The summed E-state index contributed by atoms with van der Waals surface area (Å²) in [5.74, 6) is -0.413. The van der Waals surface area contributed by atoms with Crippen molar-refractivity contribution in [1.29, 1.82) is 0 Å². The Morgan fingerprint density at radius 2 is 1.59 bits per heavy atom. The minimum Gasteiger partial charge on any atom is -0.494 e. The van der Waals surface area contributed by atoms with Gasteiger partial charge in [0.25, 0.3) is 10.0 Å². The predicted octanol–water partition coefficient (Wildman–Crippen LogP) is 6.18. The number of hydrogen-bond donors (Lipinski definition) is 1. The lowest BCUT2D eigenvalue weighted by molar-refractivity contribution is -0.139. The van der Waals surface area contributed by atoms with Gasteiger partial charge in [-0.25, -0.2) is 8.42 Å². The first-order valence-electron chi connectivity index (χ1n) is 13.0. The first-order valence-corrected chi connectivity index (χ1v) is 15.6. The fourth-order valence-electron chi connectivity index (χ4n) is 3.95. The lowest BCUT2D eigenvalue weighted by atomic mass is 10.1. The van der Waals surface area contributed by atoms with Crippen molar-refractivity contribution in [1.82, 2.24) is 10.2 Å². The highest BCUT2D eigenvalue weighted by Gasteiger charge is 2.32. The summed E-state index contributed by atoms with van der Waals surface area (Å²) in [6, 6.07) is 16.0. The maximum Gasteiger partial charge on any atom is 0.264 e. The van der Waals surface area contributed by atoms with Crippen molar-refractivity contribution in [3.8, 4) is 5.75 Å². The number of nitrogens with one attached hydrogen (secondary N) is 1. The van der Waals surface area contributed by atoms with Gasteiger partial charge in [0, 0.05) is 18.1 Å². The Labute approximate surface area is 256 Å². The molecular formula is C29H32Cl3N3O5S. The molecule has 0 heterocycles. The van der Waals surface area contributed by atoms with Crippen LogP contribution in [0.25, 0.3) is 0 Å². The number of rotatable bonds is 13. The number of amides is 2. The minimum absolute atomic E-state index is 0.00541.